The van der Waals surface area contributed by atoms with Gasteiger partial charge in [-0.15, -0.1) is 5.10 Å². The summed E-state index contributed by atoms with van der Waals surface area (Å²) in [5.41, 5.74) is 4.30. The Bertz CT molecular complexity index is 992. The second-order valence-corrected chi connectivity index (χ2v) is 8.64. The Hall–Kier alpha value is -2.68. The average Bonchev–Trinajstić information content (AvgIpc) is 3.48. The molecule has 0 saturated heterocycles. The number of tetrazole rings is 1. The molecule has 4 rings (SSSR count). The molecule has 1 amide bonds. The number of carbonyl (C=O) groups excluding carboxylic acids is 1. The van der Waals surface area contributed by atoms with E-state index in [1.807, 2.05) is 34.5 Å². The van der Waals surface area contributed by atoms with Crippen LogP contribution in [0.15, 0.2) is 35.5 Å². The summed E-state index contributed by atoms with van der Waals surface area (Å²) < 4.78 is 3.88. The van der Waals surface area contributed by atoms with Gasteiger partial charge in [0, 0.05) is 17.8 Å². The summed E-state index contributed by atoms with van der Waals surface area (Å²) in [4.78, 5) is 12.4. The van der Waals surface area contributed by atoms with Crippen LogP contribution >= 0.6 is 11.8 Å². The standard InChI is InChI=1S/C21H27N7OS/c1-15-19(16(2)27(24-15)13-17-8-4-3-5-9-17)12-22-20(29)14-30-21-23-25-26-28(21)18-10-6-7-11-18/h3-5,8-9,18H,6-7,10-14H2,1-2H3,(H,22,29). The normalized spacial score (nSPS) is 14.3. The maximum atomic E-state index is 12.4. The van der Waals surface area contributed by atoms with Gasteiger partial charge < -0.3 is 5.32 Å². The minimum absolute atomic E-state index is 0.0319. The highest BCUT2D eigenvalue weighted by Gasteiger charge is 2.22. The van der Waals surface area contributed by atoms with Crippen molar-refractivity contribution < 1.29 is 4.79 Å². The molecule has 1 N–H and O–H groups in total. The third-order valence-corrected chi connectivity index (χ3v) is 6.57. The first kappa shape index (κ1) is 20.6. The van der Waals surface area contributed by atoms with Crippen LogP contribution in [-0.2, 0) is 17.9 Å². The lowest BCUT2D eigenvalue weighted by Gasteiger charge is -2.11. The van der Waals surface area contributed by atoms with E-state index < -0.39 is 0 Å². The van der Waals surface area contributed by atoms with Crippen LogP contribution in [0.3, 0.4) is 0 Å². The van der Waals surface area contributed by atoms with Gasteiger partial charge in [-0.3, -0.25) is 9.48 Å². The number of hydrogen-bond donors (Lipinski definition) is 1. The lowest BCUT2D eigenvalue weighted by atomic mass is 10.2. The minimum atomic E-state index is -0.0319. The van der Waals surface area contributed by atoms with Crippen LogP contribution < -0.4 is 5.32 Å². The highest BCUT2D eigenvalue weighted by molar-refractivity contribution is 7.99. The van der Waals surface area contributed by atoms with Gasteiger partial charge in [0.05, 0.1) is 24.0 Å². The molecule has 1 aromatic carbocycles. The summed E-state index contributed by atoms with van der Waals surface area (Å²) in [7, 11) is 0. The zero-order valence-electron chi connectivity index (χ0n) is 17.4. The average molecular weight is 426 g/mol. The third kappa shape index (κ3) is 4.72. The lowest BCUT2D eigenvalue weighted by Crippen LogP contribution is -2.25. The van der Waals surface area contributed by atoms with Gasteiger partial charge in [0.25, 0.3) is 0 Å². The fourth-order valence-electron chi connectivity index (χ4n) is 3.93. The molecule has 0 radical (unpaired) electrons. The van der Waals surface area contributed by atoms with E-state index >= 15 is 0 Å². The number of nitrogens with one attached hydrogen (secondary N) is 1. The van der Waals surface area contributed by atoms with Gasteiger partial charge in [-0.25, -0.2) is 4.68 Å². The van der Waals surface area contributed by atoms with Crippen molar-refractivity contribution in [1.29, 1.82) is 0 Å². The maximum Gasteiger partial charge on any atom is 0.230 e. The summed E-state index contributed by atoms with van der Waals surface area (Å²) >= 11 is 1.39. The largest absolute Gasteiger partial charge is 0.351 e. The smallest absolute Gasteiger partial charge is 0.230 e. The molecule has 0 bridgehead atoms. The van der Waals surface area contributed by atoms with Crippen molar-refractivity contribution in [3.05, 3.63) is 52.8 Å². The van der Waals surface area contributed by atoms with Crippen LogP contribution in [0.4, 0.5) is 0 Å². The van der Waals surface area contributed by atoms with Crippen LogP contribution in [0, 0.1) is 13.8 Å². The first-order chi connectivity index (χ1) is 14.6. The van der Waals surface area contributed by atoms with Gasteiger partial charge >= 0.3 is 0 Å². The van der Waals surface area contributed by atoms with Crippen LogP contribution in [0.1, 0.15) is 54.2 Å². The van der Waals surface area contributed by atoms with Gasteiger partial charge in [-0.1, -0.05) is 54.9 Å². The zero-order chi connectivity index (χ0) is 20.9. The van der Waals surface area contributed by atoms with E-state index in [-0.39, 0.29) is 5.91 Å². The van der Waals surface area contributed by atoms with Crippen molar-refractivity contribution in [1.82, 2.24) is 35.3 Å². The van der Waals surface area contributed by atoms with Gasteiger partial charge in [0.2, 0.25) is 11.1 Å². The molecule has 9 heteroatoms. The number of benzene rings is 1. The van der Waals surface area contributed by atoms with Crippen molar-refractivity contribution in [2.24, 2.45) is 0 Å². The van der Waals surface area contributed by atoms with E-state index in [4.69, 9.17) is 0 Å². The molecule has 1 saturated carbocycles. The topological polar surface area (TPSA) is 90.5 Å². The van der Waals surface area contributed by atoms with Crippen molar-refractivity contribution in [2.45, 2.75) is 63.8 Å². The number of carbonyl (C=O) groups is 1. The molecule has 1 aliphatic rings. The predicted octanol–water partition coefficient (Wildman–Crippen LogP) is 3.06. The molecule has 0 unspecified atom stereocenters. The molecule has 0 atom stereocenters. The van der Waals surface area contributed by atoms with Gasteiger partial charge in [0.15, 0.2) is 0 Å². The molecule has 8 nitrogen and oxygen atoms in total. The fourth-order valence-corrected chi connectivity index (χ4v) is 4.70. The highest BCUT2D eigenvalue weighted by atomic mass is 32.2. The van der Waals surface area contributed by atoms with Crippen molar-refractivity contribution in [3.63, 3.8) is 0 Å². The second-order valence-electron chi connectivity index (χ2n) is 7.70. The quantitative estimate of drug-likeness (QED) is 0.558. The number of amides is 1. The molecule has 0 aliphatic heterocycles. The molecule has 3 aromatic rings. The number of rotatable bonds is 8. The van der Waals surface area contributed by atoms with Crippen LogP contribution in [0.5, 0.6) is 0 Å². The number of aryl methyl sites for hydroxylation is 1. The molecule has 2 aromatic heterocycles. The lowest BCUT2D eigenvalue weighted by molar-refractivity contribution is -0.118. The van der Waals surface area contributed by atoms with Gasteiger partial charge in [-0.2, -0.15) is 5.10 Å². The summed E-state index contributed by atoms with van der Waals surface area (Å²) in [6.07, 6.45) is 4.64. The van der Waals surface area contributed by atoms with Crippen molar-refractivity contribution in [3.8, 4) is 0 Å². The Morgan fingerprint density at radius 1 is 1.20 bits per heavy atom. The van der Waals surface area contributed by atoms with Crippen LogP contribution in [0.25, 0.3) is 0 Å². The van der Waals surface area contributed by atoms with E-state index in [0.29, 0.717) is 18.3 Å². The van der Waals surface area contributed by atoms with E-state index in [9.17, 15) is 4.79 Å². The highest BCUT2D eigenvalue weighted by Crippen LogP contribution is 2.31. The Kier molecular flexibility index (Phi) is 6.47. The monoisotopic (exact) mass is 425 g/mol. The number of hydrogen-bond acceptors (Lipinski definition) is 6. The van der Waals surface area contributed by atoms with E-state index in [1.54, 1.807) is 0 Å². The Morgan fingerprint density at radius 3 is 2.73 bits per heavy atom. The first-order valence-electron chi connectivity index (χ1n) is 10.4. The Labute approximate surface area is 180 Å². The van der Waals surface area contributed by atoms with Crippen LogP contribution in [-0.4, -0.2) is 41.6 Å². The SMILES string of the molecule is Cc1nn(Cc2ccccc2)c(C)c1CNC(=O)CSc1nnnn1C1CCCC1. The van der Waals surface area contributed by atoms with Crippen LogP contribution in [0.2, 0.25) is 0 Å². The first-order valence-corrected chi connectivity index (χ1v) is 11.3. The molecule has 1 fully saturated rings. The predicted molar refractivity (Wildman–Crippen MR) is 115 cm³/mol. The third-order valence-electron chi connectivity index (χ3n) is 5.63. The van der Waals surface area contributed by atoms with Crippen molar-refractivity contribution >= 4 is 17.7 Å². The maximum absolute atomic E-state index is 12.4. The molecule has 158 valence electrons. The zero-order valence-corrected chi connectivity index (χ0v) is 18.2. The Morgan fingerprint density at radius 2 is 1.97 bits per heavy atom. The number of nitrogens with zero attached hydrogens (tertiary/aromatic N) is 6. The van der Waals surface area contributed by atoms with E-state index in [1.165, 1.54) is 30.2 Å². The molecule has 30 heavy (non-hydrogen) atoms. The van der Waals surface area contributed by atoms with Gasteiger partial charge in [0.1, 0.15) is 0 Å². The minimum Gasteiger partial charge on any atom is -0.351 e. The summed E-state index contributed by atoms with van der Waals surface area (Å²) in [6.45, 7) is 5.23. The molecule has 0 spiro atoms. The summed E-state index contributed by atoms with van der Waals surface area (Å²) in [6, 6.07) is 10.6. The van der Waals surface area contributed by atoms with E-state index in [2.05, 4.69) is 45.0 Å². The summed E-state index contributed by atoms with van der Waals surface area (Å²) in [5.74, 6) is 0.263. The Balaban J connectivity index is 1.32. The molecule has 2 heterocycles. The number of thioether (sulfide) groups is 1. The molecular formula is C21H27N7OS. The summed E-state index contributed by atoms with van der Waals surface area (Å²) in [5, 5.41) is 20.4. The second kappa shape index (κ2) is 9.42. The molecular weight excluding hydrogens is 398 g/mol. The number of aromatic nitrogens is 6. The van der Waals surface area contributed by atoms with E-state index in [0.717, 1.165) is 41.5 Å². The fraction of sp³-hybridized carbons (Fsp3) is 0.476. The van der Waals surface area contributed by atoms with Gasteiger partial charge in [-0.05, 0) is 42.7 Å². The van der Waals surface area contributed by atoms with Crippen molar-refractivity contribution in [2.75, 3.05) is 5.75 Å². The molecule has 1 aliphatic carbocycles.